The smallest absolute Gasteiger partial charge is 0.411 e. The number of amides is 1. The largest absolute Gasteiger partial charge is 0.489 e. The molecule has 4 rings (SSSR count). The number of nitrogens with one attached hydrogen (secondary N) is 1. The lowest BCUT2D eigenvalue weighted by molar-refractivity contribution is 0.165. The number of rotatable bonds is 2. The van der Waals surface area contributed by atoms with Gasteiger partial charge < -0.3 is 18.9 Å². The molecule has 6 heteroatoms. The molecule has 0 saturated heterocycles. The van der Waals surface area contributed by atoms with Crippen LogP contribution in [0.25, 0.3) is 0 Å². The molecule has 0 radical (unpaired) electrons. The molecule has 2 aliphatic rings. The molecule has 0 unspecified atom stereocenters. The summed E-state index contributed by atoms with van der Waals surface area (Å²) < 4.78 is 20.8. The van der Waals surface area contributed by atoms with Crippen LogP contribution in [-0.4, -0.2) is 25.9 Å². The summed E-state index contributed by atoms with van der Waals surface area (Å²) in [7, 11) is 0. The number of carbonyl (C=O) groups excluding carboxylic acids is 1. The molecule has 2 aromatic carbocycles. The maximum absolute atomic E-state index is 11.3. The van der Waals surface area contributed by atoms with Crippen molar-refractivity contribution < 1.29 is 23.7 Å². The second-order valence-corrected chi connectivity index (χ2v) is 5.11. The normalized spacial score (nSPS) is 13.2. The molecule has 0 aliphatic carbocycles. The average Bonchev–Trinajstić information content (AvgIpc) is 2.94. The number of hydrogen-bond donors (Lipinski definition) is 1. The highest BCUT2D eigenvalue weighted by atomic mass is 16.6. The van der Waals surface area contributed by atoms with Crippen LogP contribution in [0.15, 0.2) is 42.5 Å². The Morgan fingerprint density at radius 1 is 1.12 bits per heavy atom. The van der Waals surface area contributed by atoms with Gasteiger partial charge in [-0.1, -0.05) is 18.2 Å². The van der Waals surface area contributed by atoms with Crippen molar-refractivity contribution in [3.8, 4) is 17.2 Å². The van der Waals surface area contributed by atoms with Crippen LogP contribution in [0.4, 0.5) is 10.5 Å². The van der Waals surface area contributed by atoms with Gasteiger partial charge in [0.2, 0.25) is 0 Å². The van der Waals surface area contributed by atoms with Gasteiger partial charge in [0.15, 0.2) is 11.5 Å². The molecule has 6 nitrogen and oxygen atoms in total. The number of benzene rings is 2. The third-order valence-electron chi connectivity index (χ3n) is 3.38. The van der Waals surface area contributed by atoms with Gasteiger partial charge >= 0.3 is 6.09 Å². The highest BCUT2D eigenvalue weighted by Gasteiger charge is 2.17. The van der Waals surface area contributed by atoms with Crippen molar-refractivity contribution in [2.24, 2.45) is 0 Å². The van der Waals surface area contributed by atoms with Gasteiger partial charge in [-0.25, -0.2) is 4.79 Å². The second-order valence-electron chi connectivity index (χ2n) is 5.11. The Morgan fingerprint density at radius 2 is 1.96 bits per heavy atom. The molecule has 2 heterocycles. The Hall–Kier alpha value is -2.89. The predicted molar refractivity (Wildman–Crippen MR) is 88.9 cm³/mol. The fraction of sp³-hybridized carbons (Fsp3) is 0.278. The SMILES string of the molecule is CCOC(=O)Nc1cccc2c1OCCO2.c1cc2cc(c1)OC2. The first-order valence-electron chi connectivity index (χ1n) is 7.80. The van der Waals surface area contributed by atoms with Crippen molar-refractivity contribution in [3.63, 3.8) is 0 Å². The van der Waals surface area contributed by atoms with Crippen LogP contribution in [0.1, 0.15) is 12.5 Å². The summed E-state index contributed by atoms with van der Waals surface area (Å²) in [5, 5.41) is 2.60. The number of para-hydroxylation sites is 1. The number of fused-ring (bicyclic) bond motifs is 3. The van der Waals surface area contributed by atoms with E-state index < -0.39 is 6.09 Å². The van der Waals surface area contributed by atoms with Crippen LogP contribution in [0.2, 0.25) is 0 Å². The fourth-order valence-corrected chi connectivity index (χ4v) is 2.34. The topological polar surface area (TPSA) is 66.0 Å². The molecular formula is C18H19NO5. The lowest BCUT2D eigenvalue weighted by atomic mass is 10.2. The van der Waals surface area contributed by atoms with E-state index in [1.54, 1.807) is 25.1 Å². The first-order chi connectivity index (χ1) is 11.8. The summed E-state index contributed by atoms with van der Waals surface area (Å²) in [6.45, 7) is 3.85. The van der Waals surface area contributed by atoms with E-state index >= 15 is 0 Å². The zero-order chi connectivity index (χ0) is 16.8. The number of ether oxygens (including phenoxy) is 4. The lowest BCUT2D eigenvalue weighted by Gasteiger charge is -2.20. The molecule has 2 aromatic rings. The molecule has 126 valence electrons. The van der Waals surface area contributed by atoms with Crippen LogP contribution in [-0.2, 0) is 11.3 Å². The molecule has 1 amide bonds. The Balaban J connectivity index is 0.000000175. The fourth-order valence-electron chi connectivity index (χ4n) is 2.34. The van der Waals surface area contributed by atoms with Gasteiger partial charge in [0.25, 0.3) is 0 Å². The van der Waals surface area contributed by atoms with E-state index in [2.05, 4.69) is 17.4 Å². The van der Waals surface area contributed by atoms with Crippen molar-refractivity contribution in [2.45, 2.75) is 13.5 Å². The summed E-state index contributed by atoms with van der Waals surface area (Å²) in [5.41, 5.74) is 1.85. The molecule has 1 N–H and O–H groups in total. The molecule has 2 aliphatic heterocycles. The van der Waals surface area contributed by atoms with Crippen LogP contribution < -0.4 is 19.5 Å². The number of anilines is 1. The molecule has 0 aromatic heterocycles. The molecule has 0 spiro atoms. The van der Waals surface area contributed by atoms with E-state index in [1.807, 2.05) is 12.1 Å². The first-order valence-corrected chi connectivity index (χ1v) is 7.80. The second kappa shape index (κ2) is 7.59. The van der Waals surface area contributed by atoms with Gasteiger partial charge in [0.1, 0.15) is 25.6 Å². The van der Waals surface area contributed by atoms with Gasteiger partial charge in [-0.2, -0.15) is 0 Å². The molecule has 2 bridgehead atoms. The van der Waals surface area contributed by atoms with Gasteiger partial charge in [0, 0.05) is 0 Å². The zero-order valence-corrected chi connectivity index (χ0v) is 13.4. The van der Waals surface area contributed by atoms with Crippen LogP contribution in [0.3, 0.4) is 0 Å². The van der Waals surface area contributed by atoms with E-state index in [4.69, 9.17) is 18.9 Å². The highest BCUT2D eigenvalue weighted by Crippen LogP contribution is 2.37. The van der Waals surface area contributed by atoms with E-state index in [0.29, 0.717) is 37.0 Å². The van der Waals surface area contributed by atoms with Gasteiger partial charge in [0.05, 0.1) is 12.3 Å². The lowest BCUT2D eigenvalue weighted by Crippen LogP contribution is -2.19. The summed E-state index contributed by atoms with van der Waals surface area (Å²) in [6, 6.07) is 13.4. The highest BCUT2D eigenvalue weighted by molar-refractivity contribution is 5.87. The quantitative estimate of drug-likeness (QED) is 0.912. The Bertz CT molecular complexity index is 697. The van der Waals surface area contributed by atoms with Crippen LogP contribution in [0, 0.1) is 0 Å². The van der Waals surface area contributed by atoms with E-state index in [9.17, 15) is 4.79 Å². The minimum atomic E-state index is -0.495. The maximum atomic E-state index is 11.3. The number of carbonyl (C=O) groups is 1. The summed E-state index contributed by atoms with van der Waals surface area (Å²) in [5.74, 6) is 2.20. The van der Waals surface area contributed by atoms with Crippen molar-refractivity contribution in [1.29, 1.82) is 0 Å². The third-order valence-corrected chi connectivity index (χ3v) is 3.38. The predicted octanol–water partition coefficient (Wildman–Crippen LogP) is 3.61. The third kappa shape index (κ3) is 3.90. The van der Waals surface area contributed by atoms with Crippen molar-refractivity contribution in [2.75, 3.05) is 25.1 Å². The van der Waals surface area contributed by atoms with Crippen molar-refractivity contribution >= 4 is 11.8 Å². The molecule has 0 saturated carbocycles. The van der Waals surface area contributed by atoms with Crippen LogP contribution >= 0.6 is 0 Å². The monoisotopic (exact) mass is 329 g/mol. The van der Waals surface area contributed by atoms with Gasteiger partial charge in [-0.3, -0.25) is 5.32 Å². The molecular weight excluding hydrogens is 310 g/mol. The Kier molecular flexibility index (Phi) is 5.05. The minimum Gasteiger partial charge on any atom is -0.489 e. The standard InChI is InChI=1S/C11H13NO4.C7H6O/c1-2-14-11(13)12-8-4-3-5-9-10(8)16-7-6-15-9;1-2-6-4-7(3-1)8-5-6/h3-5H,2,6-7H2,1H3,(H,12,13);1-4H,5H2. The van der Waals surface area contributed by atoms with Crippen molar-refractivity contribution in [3.05, 3.63) is 48.0 Å². The van der Waals surface area contributed by atoms with E-state index in [1.165, 1.54) is 5.56 Å². The summed E-state index contributed by atoms with van der Waals surface area (Å²) >= 11 is 0. The van der Waals surface area contributed by atoms with E-state index in [0.717, 1.165) is 12.4 Å². The Labute approximate surface area is 140 Å². The maximum Gasteiger partial charge on any atom is 0.411 e. The molecule has 0 fully saturated rings. The van der Waals surface area contributed by atoms with E-state index in [-0.39, 0.29) is 0 Å². The summed E-state index contributed by atoms with van der Waals surface area (Å²) in [4.78, 5) is 11.3. The van der Waals surface area contributed by atoms with Gasteiger partial charge in [-0.05, 0) is 36.8 Å². The minimum absolute atomic E-state index is 0.332. The van der Waals surface area contributed by atoms with Gasteiger partial charge in [-0.15, -0.1) is 0 Å². The average molecular weight is 329 g/mol. The summed E-state index contributed by atoms with van der Waals surface area (Å²) in [6.07, 6.45) is -0.495. The first kappa shape index (κ1) is 16.0. The molecule has 24 heavy (non-hydrogen) atoms. The Morgan fingerprint density at radius 3 is 2.75 bits per heavy atom. The zero-order valence-electron chi connectivity index (χ0n) is 13.4. The van der Waals surface area contributed by atoms with Crippen molar-refractivity contribution in [1.82, 2.24) is 0 Å². The molecule has 0 atom stereocenters. The number of hydrogen-bond acceptors (Lipinski definition) is 5. The van der Waals surface area contributed by atoms with Crippen LogP contribution in [0.5, 0.6) is 17.2 Å².